The Balaban J connectivity index is 1.51. The molecular weight excluding hydrogens is 258 g/mol. The predicted octanol–water partition coefficient (Wildman–Crippen LogP) is -0.510. The summed E-state index contributed by atoms with van der Waals surface area (Å²) in [4.78, 5) is 26.3. The van der Waals surface area contributed by atoms with Crippen molar-refractivity contribution in [2.24, 2.45) is 5.92 Å². The van der Waals surface area contributed by atoms with Crippen molar-refractivity contribution in [2.45, 2.75) is 44.3 Å². The molecule has 2 amide bonds. The van der Waals surface area contributed by atoms with Crippen LogP contribution in [0.2, 0.25) is 0 Å². The number of nitrogens with one attached hydrogen (secondary N) is 2. The largest absolute Gasteiger partial charge is 0.378 e. The maximum atomic E-state index is 12.3. The van der Waals surface area contributed by atoms with Gasteiger partial charge >= 0.3 is 0 Å². The molecule has 2 bridgehead atoms. The molecule has 20 heavy (non-hydrogen) atoms. The smallest absolute Gasteiger partial charge is 0.245 e. The first kappa shape index (κ1) is 13.8. The average molecular weight is 281 g/mol. The molecule has 3 heterocycles. The van der Waals surface area contributed by atoms with E-state index in [1.54, 1.807) is 11.8 Å². The number of nitrogens with zero attached hydrogens (tertiary/aromatic N) is 1. The third-order valence-electron chi connectivity index (χ3n) is 4.69. The average Bonchev–Trinajstić information content (AvgIpc) is 3.10. The molecule has 3 saturated heterocycles. The number of ether oxygens (including phenoxy) is 1. The van der Waals surface area contributed by atoms with Gasteiger partial charge in [-0.05, 0) is 26.2 Å². The zero-order valence-corrected chi connectivity index (χ0v) is 11.9. The predicted molar refractivity (Wildman–Crippen MR) is 73.1 cm³/mol. The van der Waals surface area contributed by atoms with Gasteiger partial charge in [-0.25, -0.2) is 0 Å². The maximum Gasteiger partial charge on any atom is 0.245 e. The Labute approximate surface area is 119 Å². The van der Waals surface area contributed by atoms with Crippen molar-refractivity contribution in [2.75, 3.05) is 26.3 Å². The number of carbonyl (C=O) groups is 2. The van der Waals surface area contributed by atoms with Crippen LogP contribution in [0.5, 0.6) is 0 Å². The quantitative estimate of drug-likeness (QED) is 0.731. The summed E-state index contributed by atoms with van der Waals surface area (Å²) in [5.74, 6) is 0.0604. The van der Waals surface area contributed by atoms with Crippen LogP contribution in [0.1, 0.15) is 26.2 Å². The topological polar surface area (TPSA) is 70.7 Å². The molecule has 6 nitrogen and oxygen atoms in total. The van der Waals surface area contributed by atoms with Crippen LogP contribution in [-0.2, 0) is 14.3 Å². The lowest BCUT2D eigenvalue weighted by molar-refractivity contribution is -0.140. The molecular formula is C14H23N3O3. The summed E-state index contributed by atoms with van der Waals surface area (Å²) in [5, 5.41) is 6.34. The minimum absolute atomic E-state index is 0.00207. The summed E-state index contributed by atoms with van der Waals surface area (Å²) in [6, 6.07) is 0.367. The molecule has 3 aliphatic heterocycles. The van der Waals surface area contributed by atoms with E-state index < -0.39 is 6.04 Å². The van der Waals surface area contributed by atoms with Crippen LogP contribution in [0.25, 0.3) is 0 Å². The van der Waals surface area contributed by atoms with Gasteiger partial charge < -0.3 is 20.3 Å². The van der Waals surface area contributed by atoms with Crippen LogP contribution in [0.4, 0.5) is 0 Å². The number of hydrogen-bond donors (Lipinski definition) is 2. The second-order valence-corrected chi connectivity index (χ2v) is 6.06. The summed E-state index contributed by atoms with van der Waals surface area (Å²) in [5.41, 5.74) is 0. The fourth-order valence-corrected chi connectivity index (χ4v) is 3.55. The third kappa shape index (κ3) is 2.67. The Morgan fingerprint density at radius 3 is 2.65 bits per heavy atom. The van der Waals surface area contributed by atoms with E-state index in [9.17, 15) is 9.59 Å². The molecule has 2 N–H and O–H groups in total. The van der Waals surface area contributed by atoms with Crippen LogP contribution in [0.15, 0.2) is 0 Å². The van der Waals surface area contributed by atoms with E-state index in [-0.39, 0.29) is 17.7 Å². The van der Waals surface area contributed by atoms with Crippen molar-refractivity contribution in [3.05, 3.63) is 0 Å². The number of hydrogen-bond acceptors (Lipinski definition) is 4. The molecule has 0 aromatic heterocycles. The summed E-state index contributed by atoms with van der Waals surface area (Å²) < 4.78 is 5.24. The molecule has 0 spiro atoms. The number of carbonyl (C=O) groups excluding carboxylic acids is 2. The third-order valence-corrected chi connectivity index (χ3v) is 4.69. The SMILES string of the molecule is CC(NC(=O)C1CC2CCC1N2)C(=O)N1CCOCC1. The van der Waals surface area contributed by atoms with E-state index in [1.165, 1.54) is 6.42 Å². The standard InChI is InChI=1S/C14H23N3O3/c1-9(14(19)17-4-6-20-7-5-17)15-13(18)11-8-10-2-3-12(11)16-10/h9-12,16H,2-8H2,1H3,(H,15,18). The Morgan fingerprint density at radius 2 is 2.05 bits per heavy atom. The highest BCUT2D eigenvalue weighted by molar-refractivity contribution is 5.88. The van der Waals surface area contributed by atoms with Gasteiger partial charge in [0.2, 0.25) is 11.8 Å². The van der Waals surface area contributed by atoms with Gasteiger partial charge in [0.1, 0.15) is 6.04 Å². The van der Waals surface area contributed by atoms with Gasteiger partial charge in [0.15, 0.2) is 0 Å². The van der Waals surface area contributed by atoms with Crippen molar-refractivity contribution in [3.8, 4) is 0 Å². The van der Waals surface area contributed by atoms with Gasteiger partial charge in [-0.3, -0.25) is 9.59 Å². The summed E-state index contributed by atoms with van der Waals surface area (Å²) in [6.45, 7) is 4.19. The molecule has 0 radical (unpaired) electrons. The monoisotopic (exact) mass is 281 g/mol. The van der Waals surface area contributed by atoms with E-state index >= 15 is 0 Å². The number of rotatable bonds is 3. The molecule has 4 unspecified atom stereocenters. The van der Waals surface area contributed by atoms with Crippen molar-refractivity contribution >= 4 is 11.8 Å². The minimum atomic E-state index is -0.445. The summed E-state index contributed by atoms with van der Waals surface area (Å²) in [6.07, 6.45) is 3.17. The Hall–Kier alpha value is -1.14. The van der Waals surface area contributed by atoms with Gasteiger partial charge in [-0.2, -0.15) is 0 Å². The highest BCUT2D eigenvalue weighted by Gasteiger charge is 2.43. The Bertz CT molecular complexity index is 395. The zero-order chi connectivity index (χ0) is 14.1. The zero-order valence-electron chi connectivity index (χ0n) is 11.9. The van der Waals surface area contributed by atoms with Gasteiger partial charge in [0.05, 0.1) is 19.1 Å². The molecule has 4 atom stereocenters. The fourth-order valence-electron chi connectivity index (χ4n) is 3.55. The van der Waals surface area contributed by atoms with E-state index in [1.807, 2.05) is 0 Å². The number of morpholine rings is 1. The molecule has 0 aromatic carbocycles. The first-order valence-corrected chi connectivity index (χ1v) is 7.58. The molecule has 0 aromatic rings. The first-order chi connectivity index (χ1) is 9.65. The van der Waals surface area contributed by atoms with Crippen molar-refractivity contribution in [3.63, 3.8) is 0 Å². The van der Waals surface area contributed by atoms with E-state index in [4.69, 9.17) is 4.74 Å². The maximum absolute atomic E-state index is 12.3. The fraction of sp³-hybridized carbons (Fsp3) is 0.857. The molecule has 3 rings (SSSR count). The lowest BCUT2D eigenvalue weighted by Crippen LogP contribution is -2.52. The molecule has 0 saturated carbocycles. The van der Waals surface area contributed by atoms with Crippen molar-refractivity contribution in [1.29, 1.82) is 0 Å². The molecule has 6 heteroatoms. The molecule has 0 aliphatic carbocycles. The van der Waals surface area contributed by atoms with E-state index in [0.29, 0.717) is 38.4 Å². The Morgan fingerprint density at radius 1 is 1.30 bits per heavy atom. The van der Waals surface area contributed by atoms with Crippen LogP contribution < -0.4 is 10.6 Å². The van der Waals surface area contributed by atoms with Gasteiger partial charge in [0.25, 0.3) is 0 Å². The molecule has 3 fully saturated rings. The molecule has 3 aliphatic rings. The van der Waals surface area contributed by atoms with Crippen LogP contribution >= 0.6 is 0 Å². The van der Waals surface area contributed by atoms with Crippen molar-refractivity contribution < 1.29 is 14.3 Å². The lowest BCUT2D eigenvalue weighted by atomic mass is 9.88. The summed E-state index contributed by atoms with van der Waals surface area (Å²) >= 11 is 0. The number of amides is 2. The highest BCUT2D eigenvalue weighted by Crippen LogP contribution is 2.33. The van der Waals surface area contributed by atoms with Gasteiger partial charge in [-0.15, -0.1) is 0 Å². The summed E-state index contributed by atoms with van der Waals surface area (Å²) in [7, 11) is 0. The van der Waals surface area contributed by atoms with Crippen molar-refractivity contribution in [1.82, 2.24) is 15.5 Å². The normalized spacial score (nSPS) is 34.0. The number of fused-ring (bicyclic) bond motifs is 2. The van der Waals surface area contributed by atoms with Crippen LogP contribution in [0, 0.1) is 5.92 Å². The van der Waals surface area contributed by atoms with Crippen LogP contribution in [-0.4, -0.2) is 61.1 Å². The second kappa shape index (κ2) is 5.69. The minimum Gasteiger partial charge on any atom is -0.378 e. The lowest BCUT2D eigenvalue weighted by Gasteiger charge is -2.30. The highest BCUT2D eigenvalue weighted by atomic mass is 16.5. The van der Waals surface area contributed by atoms with Crippen LogP contribution in [0.3, 0.4) is 0 Å². The Kier molecular flexibility index (Phi) is 3.94. The first-order valence-electron chi connectivity index (χ1n) is 7.58. The van der Waals surface area contributed by atoms with E-state index in [0.717, 1.165) is 12.8 Å². The van der Waals surface area contributed by atoms with Gasteiger partial charge in [0, 0.05) is 25.2 Å². The molecule has 112 valence electrons. The van der Waals surface area contributed by atoms with Gasteiger partial charge in [-0.1, -0.05) is 0 Å². The van der Waals surface area contributed by atoms with E-state index in [2.05, 4.69) is 10.6 Å². The second-order valence-electron chi connectivity index (χ2n) is 6.06.